The smallest absolute Gasteiger partial charge is 0.261 e. The van der Waals surface area contributed by atoms with Crippen LogP contribution in [0, 0.1) is 24.6 Å². The number of halogens is 1. The molecule has 0 amide bonds. The first kappa shape index (κ1) is 17.6. The zero-order valence-electron chi connectivity index (χ0n) is 16.0. The van der Waals surface area contributed by atoms with Crippen LogP contribution in [0.15, 0.2) is 53.5 Å². The molecule has 3 unspecified atom stereocenters. The first-order valence-corrected chi connectivity index (χ1v) is 10.0. The van der Waals surface area contributed by atoms with Gasteiger partial charge in [-0.2, -0.15) is 0 Å². The van der Waals surface area contributed by atoms with E-state index >= 15 is 0 Å². The molecule has 144 valence electrons. The third kappa shape index (κ3) is 2.94. The van der Waals surface area contributed by atoms with E-state index in [1.807, 2.05) is 37.3 Å². The zero-order chi connectivity index (χ0) is 19.3. The van der Waals surface area contributed by atoms with Crippen LogP contribution in [0.5, 0.6) is 0 Å². The summed E-state index contributed by atoms with van der Waals surface area (Å²) in [6.45, 7) is 4.99. The molecule has 3 aromatic rings. The van der Waals surface area contributed by atoms with Crippen molar-refractivity contribution in [1.29, 1.82) is 0 Å². The molecule has 28 heavy (non-hydrogen) atoms. The van der Waals surface area contributed by atoms with Crippen LogP contribution < -0.4 is 5.56 Å². The summed E-state index contributed by atoms with van der Waals surface area (Å²) in [5, 5.41) is 0. The topological polar surface area (TPSA) is 37.6 Å². The van der Waals surface area contributed by atoms with Gasteiger partial charge in [-0.1, -0.05) is 18.2 Å². The fourth-order valence-electron chi connectivity index (χ4n) is 5.07. The number of nitrogens with zero attached hydrogens (tertiary/aromatic N) is 3. The minimum absolute atomic E-state index is 0.0504. The number of aromatic nitrogens is 2. The molecule has 2 aliphatic rings. The Labute approximate surface area is 163 Å². The lowest BCUT2D eigenvalue weighted by Crippen LogP contribution is -2.33. The van der Waals surface area contributed by atoms with Gasteiger partial charge in [0.05, 0.1) is 0 Å². The van der Waals surface area contributed by atoms with E-state index < -0.39 is 0 Å². The maximum absolute atomic E-state index is 13.2. The Bertz CT molecular complexity index is 1080. The second kappa shape index (κ2) is 6.82. The summed E-state index contributed by atoms with van der Waals surface area (Å²) in [6.07, 6.45) is 3.71. The van der Waals surface area contributed by atoms with Crippen molar-refractivity contribution in [2.24, 2.45) is 11.8 Å². The molecule has 5 rings (SSSR count). The predicted octanol–water partition coefficient (Wildman–Crippen LogP) is 3.42. The number of benzene rings is 1. The number of pyridine rings is 1. The molecule has 1 saturated carbocycles. The summed E-state index contributed by atoms with van der Waals surface area (Å²) in [6, 6.07) is 12.6. The first-order chi connectivity index (χ1) is 13.6. The number of likely N-dealkylation sites (tertiary alicyclic amines) is 1. The molecule has 1 aromatic carbocycles. The van der Waals surface area contributed by atoms with Gasteiger partial charge >= 0.3 is 0 Å². The summed E-state index contributed by atoms with van der Waals surface area (Å²) in [7, 11) is 0. The standard InChI is InChI=1S/C23H24FN3O/c1-15-19(23(28)27-10-3-2-4-22(27)25-15)9-11-26-13-17-12-20(21(17)14-26)16-5-7-18(24)8-6-16/h2-8,10,17,20-21H,9,11-14H2,1H3. The summed E-state index contributed by atoms with van der Waals surface area (Å²) >= 11 is 0. The van der Waals surface area contributed by atoms with Crippen LogP contribution in [0.1, 0.15) is 29.2 Å². The summed E-state index contributed by atoms with van der Waals surface area (Å²) < 4.78 is 14.8. The van der Waals surface area contributed by atoms with Crippen molar-refractivity contribution >= 4 is 5.65 Å². The van der Waals surface area contributed by atoms with E-state index in [9.17, 15) is 9.18 Å². The van der Waals surface area contributed by atoms with Gasteiger partial charge in [0.1, 0.15) is 11.5 Å². The van der Waals surface area contributed by atoms with Gasteiger partial charge in [-0.3, -0.25) is 9.20 Å². The highest BCUT2D eigenvalue weighted by atomic mass is 19.1. The lowest BCUT2D eigenvalue weighted by molar-refractivity contribution is 0.191. The molecule has 3 atom stereocenters. The van der Waals surface area contributed by atoms with E-state index in [4.69, 9.17) is 0 Å². The SMILES string of the molecule is Cc1nc2ccccn2c(=O)c1CCN1CC2CC(c3ccc(F)cc3)C2C1. The van der Waals surface area contributed by atoms with Gasteiger partial charge in [-0.15, -0.1) is 0 Å². The van der Waals surface area contributed by atoms with Crippen molar-refractivity contribution < 1.29 is 4.39 Å². The molecule has 4 nitrogen and oxygen atoms in total. The van der Waals surface area contributed by atoms with E-state index in [0.717, 1.165) is 43.2 Å². The maximum atomic E-state index is 13.2. The fraction of sp³-hybridized carbons (Fsp3) is 0.391. The Hall–Kier alpha value is -2.53. The molecule has 5 heteroatoms. The van der Waals surface area contributed by atoms with Crippen molar-refractivity contribution in [2.75, 3.05) is 19.6 Å². The number of hydrogen-bond acceptors (Lipinski definition) is 3. The third-order valence-corrected chi connectivity index (χ3v) is 6.65. The molecule has 0 bridgehead atoms. The first-order valence-electron chi connectivity index (χ1n) is 10.0. The van der Waals surface area contributed by atoms with Crippen LogP contribution in [0.3, 0.4) is 0 Å². The Kier molecular flexibility index (Phi) is 4.27. The number of hydrogen-bond donors (Lipinski definition) is 0. The third-order valence-electron chi connectivity index (χ3n) is 6.65. The van der Waals surface area contributed by atoms with Gasteiger partial charge in [0.15, 0.2) is 0 Å². The molecular weight excluding hydrogens is 353 g/mol. The van der Waals surface area contributed by atoms with E-state index in [1.165, 1.54) is 12.0 Å². The largest absolute Gasteiger partial charge is 0.302 e. The van der Waals surface area contributed by atoms with E-state index in [1.54, 1.807) is 22.7 Å². The van der Waals surface area contributed by atoms with Crippen LogP contribution in [-0.4, -0.2) is 33.9 Å². The monoisotopic (exact) mass is 377 g/mol. The van der Waals surface area contributed by atoms with Gasteiger partial charge in [0, 0.05) is 37.1 Å². The van der Waals surface area contributed by atoms with Crippen LogP contribution in [-0.2, 0) is 6.42 Å². The quantitative estimate of drug-likeness (QED) is 0.699. The molecule has 0 spiro atoms. The van der Waals surface area contributed by atoms with E-state index in [-0.39, 0.29) is 11.4 Å². The normalized spacial score (nSPS) is 24.3. The molecule has 1 aliphatic heterocycles. The molecule has 0 radical (unpaired) electrons. The fourth-order valence-corrected chi connectivity index (χ4v) is 5.07. The average Bonchev–Trinajstić information content (AvgIpc) is 2.99. The molecule has 1 saturated heterocycles. The molecule has 1 aliphatic carbocycles. The molecular formula is C23H24FN3O. The van der Waals surface area contributed by atoms with Gasteiger partial charge < -0.3 is 4.90 Å². The molecule has 0 N–H and O–H groups in total. The van der Waals surface area contributed by atoms with Gasteiger partial charge in [0.25, 0.3) is 5.56 Å². The average molecular weight is 377 g/mol. The highest BCUT2D eigenvalue weighted by molar-refractivity contribution is 5.40. The minimum atomic E-state index is -0.168. The van der Waals surface area contributed by atoms with E-state index in [2.05, 4.69) is 9.88 Å². The Morgan fingerprint density at radius 3 is 2.79 bits per heavy atom. The zero-order valence-corrected chi connectivity index (χ0v) is 16.0. The summed E-state index contributed by atoms with van der Waals surface area (Å²) in [5.41, 5.74) is 3.67. The number of aryl methyl sites for hydroxylation is 1. The maximum Gasteiger partial charge on any atom is 0.261 e. The second-order valence-corrected chi connectivity index (χ2v) is 8.24. The second-order valence-electron chi connectivity index (χ2n) is 8.24. The van der Waals surface area contributed by atoms with Crippen molar-refractivity contribution in [3.8, 4) is 0 Å². The van der Waals surface area contributed by atoms with Gasteiger partial charge in [-0.25, -0.2) is 9.37 Å². The summed E-state index contributed by atoms with van der Waals surface area (Å²) in [4.78, 5) is 19.9. The molecule has 3 heterocycles. The Balaban J connectivity index is 1.27. The Morgan fingerprint density at radius 1 is 1.14 bits per heavy atom. The number of fused-ring (bicyclic) bond motifs is 2. The highest BCUT2D eigenvalue weighted by Crippen LogP contribution is 2.51. The predicted molar refractivity (Wildman–Crippen MR) is 107 cm³/mol. The van der Waals surface area contributed by atoms with Crippen LogP contribution in [0.4, 0.5) is 4.39 Å². The van der Waals surface area contributed by atoms with Crippen LogP contribution >= 0.6 is 0 Å². The van der Waals surface area contributed by atoms with E-state index in [0.29, 0.717) is 17.5 Å². The van der Waals surface area contributed by atoms with Crippen LogP contribution in [0.25, 0.3) is 5.65 Å². The molecule has 2 fully saturated rings. The Morgan fingerprint density at radius 2 is 1.96 bits per heavy atom. The van der Waals surface area contributed by atoms with Crippen molar-refractivity contribution in [1.82, 2.24) is 14.3 Å². The highest BCUT2D eigenvalue weighted by Gasteiger charge is 2.47. The number of rotatable bonds is 4. The van der Waals surface area contributed by atoms with Gasteiger partial charge in [0.2, 0.25) is 0 Å². The van der Waals surface area contributed by atoms with Gasteiger partial charge in [-0.05, 0) is 67.3 Å². The lowest BCUT2D eigenvalue weighted by Gasteiger charge is -2.40. The van der Waals surface area contributed by atoms with Crippen molar-refractivity contribution in [2.45, 2.75) is 25.7 Å². The van der Waals surface area contributed by atoms with Crippen molar-refractivity contribution in [3.63, 3.8) is 0 Å². The van der Waals surface area contributed by atoms with Crippen LogP contribution in [0.2, 0.25) is 0 Å². The lowest BCUT2D eigenvalue weighted by atomic mass is 9.64. The van der Waals surface area contributed by atoms with Crippen molar-refractivity contribution in [3.05, 3.63) is 81.7 Å². The minimum Gasteiger partial charge on any atom is -0.302 e. The summed E-state index contributed by atoms with van der Waals surface area (Å²) in [5.74, 6) is 1.76. The molecule has 2 aromatic heterocycles.